The molecule has 90 valence electrons. The van der Waals surface area contributed by atoms with E-state index in [-0.39, 0.29) is 17.7 Å². The van der Waals surface area contributed by atoms with Crippen LogP contribution in [0.15, 0.2) is 0 Å². The molecule has 0 aromatic heterocycles. The summed E-state index contributed by atoms with van der Waals surface area (Å²) in [5, 5.41) is 10.5. The minimum Gasteiger partial charge on any atom is -0.329 e. The fourth-order valence-electron chi connectivity index (χ4n) is 2.56. The maximum Gasteiger partial charge on any atom is 0.269 e. The van der Waals surface area contributed by atoms with Crippen LogP contribution in [0.3, 0.4) is 0 Å². The molecule has 5 heteroatoms. The van der Waals surface area contributed by atoms with Gasteiger partial charge in [0.2, 0.25) is 5.91 Å². The van der Waals surface area contributed by atoms with Crippen LogP contribution in [0.1, 0.15) is 33.1 Å². The molecular formula is C11H18N2O3. The van der Waals surface area contributed by atoms with E-state index in [1.165, 1.54) is 0 Å². The highest BCUT2D eigenvalue weighted by atomic mass is 16.5. The maximum absolute atomic E-state index is 12.1. The van der Waals surface area contributed by atoms with E-state index in [0.717, 1.165) is 12.8 Å². The van der Waals surface area contributed by atoms with Gasteiger partial charge in [-0.05, 0) is 18.8 Å². The molecule has 5 nitrogen and oxygen atoms in total. The van der Waals surface area contributed by atoms with Crippen LogP contribution < -0.4 is 0 Å². The molecule has 0 aromatic carbocycles. The predicted octanol–water partition coefficient (Wildman–Crippen LogP) is 0.623. The molecule has 2 heterocycles. The van der Waals surface area contributed by atoms with E-state index in [1.807, 2.05) is 13.8 Å². The van der Waals surface area contributed by atoms with Gasteiger partial charge >= 0.3 is 0 Å². The van der Waals surface area contributed by atoms with Gasteiger partial charge in [0.15, 0.2) is 0 Å². The van der Waals surface area contributed by atoms with Crippen molar-refractivity contribution in [3.8, 4) is 0 Å². The Kier molecular flexibility index (Phi) is 2.88. The van der Waals surface area contributed by atoms with Gasteiger partial charge in [-0.2, -0.15) is 0 Å². The second kappa shape index (κ2) is 4.05. The van der Waals surface area contributed by atoms with Gasteiger partial charge in [0.1, 0.15) is 12.1 Å². The Balaban J connectivity index is 2.26. The number of rotatable bonds is 2. The molecule has 0 radical (unpaired) electrons. The Morgan fingerprint density at radius 3 is 2.75 bits per heavy atom. The zero-order valence-corrected chi connectivity index (χ0v) is 9.72. The molecule has 2 fully saturated rings. The number of hydrogen-bond donors (Lipinski definition) is 1. The Labute approximate surface area is 95.0 Å². The number of carbonyl (C=O) groups is 2. The zero-order chi connectivity index (χ0) is 11.9. The highest BCUT2D eigenvalue weighted by Gasteiger charge is 2.49. The summed E-state index contributed by atoms with van der Waals surface area (Å²) >= 11 is 0. The van der Waals surface area contributed by atoms with Crippen molar-refractivity contribution in [3.05, 3.63) is 0 Å². The predicted molar refractivity (Wildman–Crippen MR) is 56.6 cm³/mol. The van der Waals surface area contributed by atoms with E-state index in [2.05, 4.69) is 0 Å². The third kappa shape index (κ3) is 1.50. The van der Waals surface area contributed by atoms with E-state index >= 15 is 0 Å². The van der Waals surface area contributed by atoms with Crippen LogP contribution in [0.4, 0.5) is 0 Å². The molecule has 0 saturated carbocycles. The fraction of sp³-hybridized carbons (Fsp3) is 0.818. The molecule has 2 aliphatic rings. The minimum absolute atomic E-state index is 0.0111. The van der Waals surface area contributed by atoms with Crippen LogP contribution in [0.25, 0.3) is 0 Å². The van der Waals surface area contributed by atoms with Crippen molar-refractivity contribution in [1.29, 1.82) is 0 Å². The summed E-state index contributed by atoms with van der Waals surface area (Å²) in [6, 6.07) is -1.11. The van der Waals surface area contributed by atoms with Crippen molar-refractivity contribution in [3.63, 3.8) is 0 Å². The van der Waals surface area contributed by atoms with Crippen LogP contribution in [0, 0.1) is 5.92 Å². The van der Waals surface area contributed by atoms with Gasteiger partial charge in [-0.15, -0.1) is 0 Å². The molecule has 0 aliphatic carbocycles. The quantitative estimate of drug-likeness (QED) is 0.702. The first-order valence-corrected chi connectivity index (χ1v) is 5.90. The molecule has 3 atom stereocenters. The normalized spacial score (nSPS) is 31.9. The van der Waals surface area contributed by atoms with Crippen LogP contribution in [0.2, 0.25) is 0 Å². The molecule has 1 N–H and O–H groups in total. The van der Waals surface area contributed by atoms with Crippen molar-refractivity contribution < 1.29 is 14.8 Å². The molecular weight excluding hydrogens is 208 g/mol. The number of piperazine rings is 1. The number of amides is 2. The van der Waals surface area contributed by atoms with Gasteiger partial charge < -0.3 is 4.90 Å². The summed E-state index contributed by atoms with van der Waals surface area (Å²) in [6.45, 7) is 4.48. The van der Waals surface area contributed by atoms with E-state index in [9.17, 15) is 14.8 Å². The summed E-state index contributed by atoms with van der Waals surface area (Å²) in [5.41, 5.74) is 0. The Bertz CT molecular complexity index is 318. The molecule has 2 rings (SSSR count). The summed E-state index contributed by atoms with van der Waals surface area (Å²) in [7, 11) is 0. The van der Waals surface area contributed by atoms with Gasteiger partial charge in [0.05, 0.1) is 0 Å². The number of hydroxylamine groups is 2. The monoisotopic (exact) mass is 226 g/mol. The number of carbonyl (C=O) groups excluding carboxylic acids is 2. The lowest BCUT2D eigenvalue weighted by atomic mass is 9.94. The fourth-order valence-corrected chi connectivity index (χ4v) is 2.56. The van der Waals surface area contributed by atoms with Crippen LogP contribution in [-0.2, 0) is 9.59 Å². The number of hydrogen-bond acceptors (Lipinski definition) is 3. The largest absolute Gasteiger partial charge is 0.329 e. The third-order valence-corrected chi connectivity index (χ3v) is 3.75. The zero-order valence-electron chi connectivity index (χ0n) is 9.72. The van der Waals surface area contributed by atoms with Crippen LogP contribution in [-0.4, -0.2) is 45.6 Å². The molecule has 2 amide bonds. The van der Waals surface area contributed by atoms with Crippen molar-refractivity contribution >= 4 is 11.8 Å². The summed E-state index contributed by atoms with van der Waals surface area (Å²) in [5.74, 6) is -0.427. The summed E-state index contributed by atoms with van der Waals surface area (Å²) in [4.78, 5) is 25.6. The summed E-state index contributed by atoms with van der Waals surface area (Å²) in [6.07, 6.45) is 2.29. The van der Waals surface area contributed by atoms with Crippen molar-refractivity contribution in [1.82, 2.24) is 9.96 Å². The van der Waals surface area contributed by atoms with Crippen LogP contribution >= 0.6 is 0 Å². The standard InChI is InChI=1S/C11H18N2O3/c1-3-7(2)9-11(15)12-6-4-5-8(12)10(14)13(9)16/h7-9,16H,3-6H2,1-2H3/t7?,8-,9+/m0/s1. The lowest BCUT2D eigenvalue weighted by Crippen LogP contribution is -2.63. The Hall–Kier alpha value is -1.10. The first kappa shape index (κ1) is 11.4. The molecule has 0 aromatic rings. The van der Waals surface area contributed by atoms with E-state index in [4.69, 9.17) is 0 Å². The second-order valence-corrected chi connectivity index (χ2v) is 4.70. The Morgan fingerprint density at radius 1 is 1.44 bits per heavy atom. The van der Waals surface area contributed by atoms with Gasteiger partial charge in [-0.1, -0.05) is 20.3 Å². The van der Waals surface area contributed by atoms with E-state index in [1.54, 1.807) is 4.90 Å². The van der Waals surface area contributed by atoms with Crippen molar-refractivity contribution in [2.75, 3.05) is 6.54 Å². The lowest BCUT2D eigenvalue weighted by molar-refractivity contribution is -0.202. The van der Waals surface area contributed by atoms with E-state index < -0.39 is 12.1 Å². The number of nitrogens with zero attached hydrogens (tertiary/aromatic N) is 2. The highest BCUT2D eigenvalue weighted by Crippen LogP contribution is 2.29. The second-order valence-electron chi connectivity index (χ2n) is 4.70. The topological polar surface area (TPSA) is 60.9 Å². The van der Waals surface area contributed by atoms with Crippen LogP contribution in [0.5, 0.6) is 0 Å². The minimum atomic E-state index is -0.688. The van der Waals surface area contributed by atoms with Gasteiger partial charge in [0.25, 0.3) is 5.91 Å². The van der Waals surface area contributed by atoms with Crippen molar-refractivity contribution in [2.45, 2.75) is 45.2 Å². The maximum atomic E-state index is 12.1. The van der Waals surface area contributed by atoms with Crippen molar-refractivity contribution in [2.24, 2.45) is 5.92 Å². The third-order valence-electron chi connectivity index (χ3n) is 3.75. The lowest BCUT2D eigenvalue weighted by Gasteiger charge is -2.40. The van der Waals surface area contributed by atoms with E-state index in [0.29, 0.717) is 18.0 Å². The molecule has 16 heavy (non-hydrogen) atoms. The number of fused-ring (bicyclic) bond motifs is 1. The molecule has 0 spiro atoms. The highest BCUT2D eigenvalue weighted by molar-refractivity contribution is 5.96. The molecule has 0 bridgehead atoms. The van der Waals surface area contributed by atoms with Gasteiger partial charge in [0, 0.05) is 6.54 Å². The Morgan fingerprint density at radius 2 is 2.12 bits per heavy atom. The first-order chi connectivity index (χ1) is 7.57. The molecule has 1 unspecified atom stereocenters. The molecule has 2 saturated heterocycles. The van der Waals surface area contributed by atoms with Gasteiger partial charge in [-0.3, -0.25) is 14.8 Å². The van der Waals surface area contributed by atoms with Gasteiger partial charge in [-0.25, -0.2) is 5.06 Å². The SMILES string of the molecule is CCC(C)[C@@H]1C(=O)N2CCC[C@H]2C(=O)N1O. The average molecular weight is 226 g/mol. The smallest absolute Gasteiger partial charge is 0.269 e. The molecule has 2 aliphatic heterocycles. The average Bonchev–Trinajstić information content (AvgIpc) is 2.75. The first-order valence-electron chi connectivity index (χ1n) is 5.90. The summed E-state index contributed by atoms with van der Waals surface area (Å²) < 4.78 is 0.